The van der Waals surface area contributed by atoms with Crippen molar-refractivity contribution < 1.29 is 19.4 Å². The number of ether oxygens (including phenoxy) is 1. The topological polar surface area (TPSA) is 87.7 Å². The van der Waals surface area contributed by atoms with E-state index in [1.807, 2.05) is 74.5 Å². The lowest BCUT2D eigenvalue weighted by molar-refractivity contribution is -0.139. The summed E-state index contributed by atoms with van der Waals surface area (Å²) in [6, 6.07) is 20.0. The van der Waals surface area contributed by atoms with Crippen molar-refractivity contribution in [3.05, 3.63) is 71.8 Å². The molecule has 0 radical (unpaired) electrons. The highest BCUT2D eigenvalue weighted by Crippen LogP contribution is 2.11. The molecule has 0 unspecified atom stereocenters. The Morgan fingerprint density at radius 3 is 1.63 bits per heavy atom. The number of rotatable bonds is 8. The van der Waals surface area contributed by atoms with E-state index in [1.165, 1.54) is 7.11 Å². The van der Waals surface area contributed by atoms with Gasteiger partial charge in [-0.15, -0.1) is 0 Å². The van der Waals surface area contributed by atoms with Crippen molar-refractivity contribution >= 4 is 11.9 Å². The number of aliphatic carboxylic acids is 1. The average molecular weight is 372 g/mol. The minimum absolute atomic E-state index is 0.00391. The maximum atomic E-state index is 10.9. The summed E-state index contributed by atoms with van der Waals surface area (Å²) in [6.45, 7) is 4.19. The van der Waals surface area contributed by atoms with E-state index in [-0.39, 0.29) is 31.1 Å². The third kappa shape index (κ3) is 9.53. The number of hydrogen-bond acceptors (Lipinski definition) is 5. The number of carboxylic acids is 1. The SMILES string of the molecule is COC(=O)CN[C@H](C)c1ccccc1.C[C@@H](NCC(=O)O)c1ccccc1. The first-order chi connectivity index (χ1) is 12.9. The molecule has 0 saturated carbocycles. The summed E-state index contributed by atoms with van der Waals surface area (Å²) >= 11 is 0. The van der Waals surface area contributed by atoms with Crippen molar-refractivity contribution in [1.82, 2.24) is 10.6 Å². The Labute approximate surface area is 160 Å². The second kappa shape index (κ2) is 12.6. The van der Waals surface area contributed by atoms with Gasteiger partial charge in [-0.25, -0.2) is 0 Å². The maximum Gasteiger partial charge on any atom is 0.319 e. The van der Waals surface area contributed by atoms with Gasteiger partial charge in [0.2, 0.25) is 0 Å². The molecule has 6 heteroatoms. The standard InChI is InChI=1S/C11H15NO2.C10H13NO2/c1-9(12-8-11(13)14-2)10-6-4-3-5-7-10;1-8(11-7-10(12)13)9-5-3-2-4-6-9/h3-7,9,12H,8H2,1-2H3;2-6,8,11H,7H2,1H3,(H,12,13)/t9-;8-/m11/s1. The molecule has 0 heterocycles. The zero-order valence-electron chi connectivity index (χ0n) is 16.0. The second-order valence-electron chi connectivity index (χ2n) is 6.00. The minimum Gasteiger partial charge on any atom is -0.480 e. The molecule has 0 spiro atoms. The molecular weight excluding hydrogens is 344 g/mol. The van der Waals surface area contributed by atoms with Crippen LogP contribution in [0.15, 0.2) is 60.7 Å². The van der Waals surface area contributed by atoms with Gasteiger partial charge < -0.3 is 20.5 Å². The van der Waals surface area contributed by atoms with Crippen molar-refractivity contribution in [3.8, 4) is 0 Å². The Kier molecular flexibility index (Phi) is 10.4. The van der Waals surface area contributed by atoms with Gasteiger partial charge >= 0.3 is 11.9 Å². The molecule has 6 nitrogen and oxygen atoms in total. The zero-order valence-corrected chi connectivity index (χ0v) is 16.0. The molecule has 0 amide bonds. The van der Waals surface area contributed by atoms with Crippen LogP contribution < -0.4 is 10.6 Å². The van der Waals surface area contributed by atoms with Crippen LogP contribution in [0.1, 0.15) is 37.1 Å². The van der Waals surface area contributed by atoms with E-state index in [4.69, 9.17) is 5.11 Å². The van der Waals surface area contributed by atoms with Gasteiger partial charge in [0.1, 0.15) is 0 Å². The smallest absolute Gasteiger partial charge is 0.319 e. The molecule has 2 aromatic carbocycles. The molecule has 146 valence electrons. The second-order valence-corrected chi connectivity index (χ2v) is 6.00. The van der Waals surface area contributed by atoms with Crippen LogP contribution in [0.25, 0.3) is 0 Å². The highest BCUT2D eigenvalue weighted by molar-refractivity contribution is 5.71. The van der Waals surface area contributed by atoms with E-state index in [1.54, 1.807) is 0 Å². The average Bonchev–Trinajstić information content (AvgIpc) is 2.71. The summed E-state index contributed by atoms with van der Waals surface area (Å²) in [5.41, 5.74) is 2.26. The van der Waals surface area contributed by atoms with Crippen molar-refractivity contribution in [2.24, 2.45) is 0 Å². The van der Waals surface area contributed by atoms with Gasteiger partial charge in [0, 0.05) is 12.1 Å². The molecule has 0 saturated heterocycles. The lowest BCUT2D eigenvalue weighted by Gasteiger charge is -2.12. The van der Waals surface area contributed by atoms with Gasteiger partial charge in [0.25, 0.3) is 0 Å². The van der Waals surface area contributed by atoms with Crippen LogP contribution in [0.3, 0.4) is 0 Å². The summed E-state index contributed by atoms with van der Waals surface area (Å²) in [5.74, 6) is -1.07. The van der Waals surface area contributed by atoms with Crippen LogP contribution in [0.2, 0.25) is 0 Å². The van der Waals surface area contributed by atoms with E-state index in [0.29, 0.717) is 0 Å². The van der Waals surface area contributed by atoms with E-state index in [9.17, 15) is 9.59 Å². The van der Waals surface area contributed by atoms with Crippen molar-refractivity contribution in [3.63, 3.8) is 0 Å². The molecule has 0 aliphatic carbocycles. The van der Waals surface area contributed by atoms with Gasteiger partial charge in [-0.1, -0.05) is 60.7 Å². The van der Waals surface area contributed by atoms with Crippen molar-refractivity contribution in [1.29, 1.82) is 0 Å². The lowest BCUT2D eigenvalue weighted by atomic mass is 10.1. The molecule has 27 heavy (non-hydrogen) atoms. The number of hydrogen-bond donors (Lipinski definition) is 3. The Balaban J connectivity index is 0.000000271. The van der Waals surface area contributed by atoms with Gasteiger partial charge in [-0.3, -0.25) is 9.59 Å². The molecule has 2 aromatic rings. The fourth-order valence-electron chi connectivity index (χ4n) is 2.27. The van der Waals surface area contributed by atoms with Crippen LogP contribution >= 0.6 is 0 Å². The highest BCUT2D eigenvalue weighted by atomic mass is 16.5. The van der Waals surface area contributed by atoms with Gasteiger partial charge in [0.15, 0.2) is 0 Å². The monoisotopic (exact) mass is 372 g/mol. The van der Waals surface area contributed by atoms with E-state index in [0.717, 1.165) is 11.1 Å². The van der Waals surface area contributed by atoms with Crippen molar-refractivity contribution in [2.45, 2.75) is 25.9 Å². The number of esters is 1. The van der Waals surface area contributed by atoms with Crippen LogP contribution in [0, 0.1) is 0 Å². The number of benzene rings is 2. The number of carbonyl (C=O) groups is 2. The summed E-state index contributed by atoms with van der Waals surface area (Å²) < 4.78 is 4.54. The van der Waals surface area contributed by atoms with Crippen LogP contribution in [-0.2, 0) is 14.3 Å². The van der Waals surface area contributed by atoms with Gasteiger partial charge in [-0.05, 0) is 25.0 Å². The first-order valence-corrected chi connectivity index (χ1v) is 8.79. The molecular formula is C21H28N2O4. The van der Waals surface area contributed by atoms with Crippen molar-refractivity contribution in [2.75, 3.05) is 20.2 Å². The predicted molar refractivity (Wildman–Crippen MR) is 105 cm³/mol. The third-order valence-corrected chi connectivity index (χ3v) is 3.94. The number of methoxy groups -OCH3 is 1. The molecule has 0 aliphatic heterocycles. The van der Waals surface area contributed by atoms with E-state index >= 15 is 0 Å². The Morgan fingerprint density at radius 1 is 0.852 bits per heavy atom. The quantitative estimate of drug-likeness (QED) is 0.618. The molecule has 0 bridgehead atoms. The molecule has 0 aliphatic rings. The lowest BCUT2D eigenvalue weighted by Crippen LogP contribution is -2.26. The van der Waals surface area contributed by atoms with Crippen LogP contribution in [0.5, 0.6) is 0 Å². The minimum atomic E-state index is -0.831. The summed E-state index contributed by atoms with van der Waals surface area (Å²) in [7, 11) is 1.39. The molecule has 2 rings (SSSR count). The maximum absolute atomic E-state index is 10.9. The highest BCUT2D eigenvalue weighted by Gasteiger charge is 2.06. The number of nitrogens with one attached hydrogen (secondary N) is 2. The first kappa shape index (κ1) is 22.3. The molecule has 0 fully saturated rings. The molecule has 3 N–H and O–H groups in total. The summed E-state index contributed by atoms with van der Waals surface area (Å²) in [4.78, 5) is 21.1. The Morgan fingerprint density at radius 2 is 1.26 bits per heavy atom. The Hall–Kier alpha value is -2.70. The molecule has 0 aromatic heterocycles. The number of carbonyl (C=O) groups excluding carboxylic acids is 1. The third-order valence-electron chi connectivity index (χ3n) is 3.94. The fraction of sp³-hybridized carbons (Fsp3) is 0.333. The van der Waals surface area contributed by atoms with Gasteiger partial charge in [0.05, 0.1) is 20.2 Å². The summed E-state index contributed by atoms with van der Waals surface area (Å²) in [6.07, 6.45) is 0. The zero-order chi connectivity index (χ0) is 20.1. The number of carboxylic acid groups (broad SMARTS) is 1. The molecule has 2 atom stereocenters. The normalized spacial score (nSPS) is 12.3. The largest absolute Gasteiger partial charge is 0.480 e. The Bertz CT molecular complexity index is 677. The predicted octanol–water partition coefficient (Wildman–Crippen LogP) is 2.93. The first-order valence-electron chi connectivity index (χ1n) is 8.79. The van der Waals surface area contributed by atoms with Gasteiger partial charge in [-0.2, -0.15) is 0 Å². The van der Waals surface area contributed by atoms with E-state index < -0.39 is 5.97 Å². The van der Waals surface area contributed by atoms with Crippen LogP contribution in [-0.4, -0.2) is 37.2 Å². The fourth-order valence-corrected chi connectivity index (χ4v) is 2.27. The van der Waals surface area contributed by atoms with Crippen LogP contribution in [0.4, 0.5) is 0 Å². The van der Waals surface area contributed by atoms with E-state index in [2.05, 4.69) is 15.4 Å². The summed E-state index contributed by atoms with van der Waals surface area (Å²) in [5, 5.41) is 14.4.